The number of hydrogen-bond donors (Lipinski definition) is 1. The Labute approximate surface area is 167 Å². The van der Waals surface area contributed by atoms with Crippen molar-refractivity contribution in [1.29, 1.82) is 0 Å². The summed E-state index contributed by atoms with van der Waals surface area (Å²) in [6.45, 7) is 5.97. The maximum absolute atomic E-state index is 12.4. The second kappa shape index (κ2) is 9.48. The highest BCUT2D eigenvalue weighted by Gasteiger charge is 2.32. The molecule has 0 bridgehead atoms. The van der Waals surface area contributed by atoms with Gasteiger partial charge in [-0.2, -0.15) is 0 Å². The lowest BCUT2D eigenvalue weighted by Gasteiger charge is -2.12. The smallest absolute Gasteiger partial charge is 0.305 e. The third-order valence-corrected chi connectivity index (χ3v) is 4.90. The second-order valence-corrected chi connectivity index (χ2v) is 7.04. The van der Waals surface area contributed by atoms with Crippen molar-refractivity contribution >= 4 is 46.3 Å². The van der Waals surface area contributed by atoms with E-state index >= 15 is 0 Å². The van der Waals surface area contributed by atoms with E-state index in [1.54, 1.807) is 18.3 Å². The molecule has 1 aliphatic rings. The first-order chi connectivity index (χ1) is 12.9. The zero-order valence-electron chi connectivity index (χ0n) is 15.3. The summed E-state index contributed by atoms with van der Waals surface area (Å²) in [6.07, 6.45) is 3.19. The number of thiocarbonyl (C=S) groups is 1. The quantitative estimate of drug-likeness (QED) is 0.586. The minimum atomic E-state index is -0.972. The van der Waals surface area contributed by atoms with E-state index in [4.69, 9.17) is 21.7 Å². The second-order valence-electron chi connectivity index (χ2n) is 5.37. The maximum atomic E-state index is 12.4. The molecule has 142 valence electrons. The van der Waals surface area contributed by atoms with Crippen LogP contribution in [0.3, 0.4) is 0 Å². The molecule has 1 amide bonds. The fourth-order valence-electron chi connectivity index (χ4n) is 2.23. The van der Waals surface area contributed by atoms with Crippen LogP contribution < -0.4 is 0 Å². The zero-order chi connectivity index (χ0) is 20.0. The molecule has 2 aromatic heterocycles. The Bertz CT molecular complexity index is 872. The van der Waals surface area contributed by atoms with Crippen molar-refractivity contribution < 1.29 is 19.1 Å². The van der Waals surface area contributed by atoms with E-state index in [9.17, 15) is 9.59 Å². The van der Waals surface area contributed by atoms with Crippen LogP contribution in [0.25, 0.3) is 17.4 Å². The van der Waals surface area contributed by atoms with E-state index < -0.39 is 5.97 Å². The summed E-state index contributed by atoms with van der Waals surface area (Å²) >= 11 is 6.29. The first kappa shape index (κ1) is 20.9. The number of aliphatic carboxylic acids is 1. The summed E-state index contributed by atoms with van der Waals surface area (Å²) < 4.78 is 6.10. The van der Waals surface area contributed by atoms with Gasteiger partial charge in [-0.15, -0.1) is 0 Å². The van der Waals surface area contributed by atoms with E-state index in [1.165, 1.54) is 4.90 Å². The van der Waals surface area contributed by atoms with Gasteiger partial charge < -0.3 is 9.52 Å². The molecule has 8 heteroatoms. The van der Waals surface area contributed by atoms with Gasteiger partial charge in [0, 0.05) is 30.1 Å². The highest BCUT2D eigenvalue weighted by Crippen LogP contribution is 2.33. The van der Waals surface area contributed by atoms with Crippen molar-refractivity contribution in [3.63, 3.8) is 0 Å². The molecule has 27 heavy (non-hydrogen) atoms. The number of carbonyl (C=O) groups is 2. The minimum absolute atomic E-state index is 0.0653. The Hall–Kier alpha value is -2.45. The lowest BCUT2D eigenvalue weighted by molar-refractivity contribution is -0.137. The molecule has 2 aromatic rings. The SMILES string of the molecule is CC.Cc1ccc(-c2ccc(/C=C3/SC(=S)N(CCC(=O)O)C3=O)o2)cn1. The van der Waals surface area contributed by atoms with Gasteiger partial charge in [-0.05, 0) is 31.2 Å². The standard InChI is InChI=1S/C17H14N2O4S2.C2H6/c1-10-2-3-11(9-18-10)13-5-4-12(23-13)8-14-16(22)19(17(24)25-14)7-6-15(20)21;1-2/h2-5,8-9H,6-7H2,1H3,(H,20,21);1-2H3/b14-8+;. The number of pyridine rings is 1. The molecule has 0 aromatic carbocycles. The number of carboxylic acids is 1. The van der Waals surface area contributed by atoms with Crippen LogP contribution in [0, 0.1) is 6.92 Å². The number of carbonyl (C=O) groups excluding carboxylic acids is 1. The summed E-state index contributed by atoms with van der Waals surface area (Å²) in [6, 6.07) is 7.38. The van der Waals surface area contributed by atoms with Gasteiger partial charge in [-0.25, -0.2) is 0 Å². The summed E-state index contributed by atoms with van der Waals surface area (Å²) in [5.41, 5.74) is 1.76. The number of aromatic nitrogens is 1. The maximum Gasteiger partial charge on any atom is 0.305 e. The van der Waals surface area contributed by atoms with Crippen LogP contribution in [-0.2, 0) is 9.59 Å². The number of aryl methyl sites for hydroxylation is 1. The Morgan fingerprint density at radius 3 is 2.70 bits per heavy atom. The third kappa shape index (κ3) is 5.27. The van der Waals surface area contributed by atoms with Crippen molar-refractivity contribution in [1.82, 2.24) is 9.88 Å². The molecule has 0 spiro atoms. The molecule has 1 N–H and O–H groups in total. The number of carboxylic acid groups (broad SMARTS) is 1. The highest BCUT2D eigenvalue weighted by molar-refractivity contribution is 8.26. The Morgan fingerprint density at radius 2 is 2.07 bits per heavy atom. The predicted molar refractivity (Wildman–Crippen MR) is 110 cm³/mol. The van der Waals surface area contributed by atoms with E-state index in [0.29, 0.717) is 20.7 Å². The number of furan rings is 1. The third-order valence-electron chi connectivity index (χ3n) is 3.52. The molecule has 6 nitrogen and oxygen atoms in total. The number of nitrogens with zero attached hydrogens (tertiary/aromatic N) is 2. The fraction of sp³-hybridized carbons (Fsp3) is 0.263. The van der Waals surface area contributed by atoms with Crippen LogP contribution in [0.1, 0.15) is 31.7 Å². The van der Waals surface area contributed by atoms with E-state index in [0.717, 1.165) is 23.0 Å². The molecule has 0 unspecified atom stereocenters. The first-order valence-electron chi connectivity index (χ1n) is 8.44. The van der Waals surface area contributed by atoms with E-state index in [-0.39, 0.29) is 18.9 Å². The summed E-state index contributed by atoms with van der Waals surface area (Å²) in [4.78, 5) is 29.0. The van der Waals surface area contributed by atoms with Crippen molar-refractivity contribution in [3.05, 3.63) is 46.8 Å². The van der Waals surface area contributed by atoms with Gasteiger partial charge in [-0.3, -0.25) is 19.5 Å². The molecule has 1 saturated heterocycles. The van der Waals surface area contributed by atoms with Crippen molar-refractivity contribution in [3.8, 4) is 11.3 Å². The van der Waals surface area contributed by atoms with E-state index in [1.807, 2.05) is 39.0 Å². The Balaban J connectivity index is 0.00000126. The monoisotopic (exact) mass is 404 g/mol. The van der Waals surface area contributed by atoms with Crippen molar-refractivity contribution in [2.24, 2.45) is 0 Å². The van der Waals surface area contributed by atoms with Crippen LogP contribution >= 0.6 is 24.0 Å². The highest BCUT2D eigenvalue weighted by atomic mass is 32.2. The fourth-order valence-corrected chi connectivity index (χ4v) is 3.52. The molecule has 3 heterocycles. The van der Waals surface area contributed by atoms with Crippen molar-refractivity contribution in [2.75, 3.05) is 6.54 Å². The summed E-state index contributed by atoms with van der Waals surface area (Å²) in [5, 5.41) is 8.75. The van der Waals surface area contributed by atoms with Gasteiger partial charge in [0.15, 0.2) is 0 Å². The van der Waals surface area contributed by atoms with Crippen LogP contribution in [0.4, 0.5) is 0 Å². The molecule has 3 rings (SSSR count). The molecule has 1 fully saturated rings. The molecule has 0 aliphatic carbocycles. The minimum Gasteiger partial charge on any atom is -0.481 e. The number of hydrogen-bond acceptors (Lipinski definition) is 6. The van der Waals surface area contributed by atoms with Gasteiger partial charge in [-0.1, -0.05) is 37.8 Å². The lowest BCUT2D eigenvalue weighted by Crippen LogP contribution is -2.30. The first-order valence-corrected chi connectivity index (χ1v) is 9.66. The van der Waals surface area contributed by atoms with Gasteiger partial charge in [0.25, 0.3) is 5.91 Å². The van der Waals surface area contributed by atoms with Gasteiger partial charge >= 0.3 is 5.97 Å². The molecule has 0 atom stereocenters. The number of rotatable bonds is 5. The lowest BCUT2D eigenvalue weighted by atomic mass is 10.2. The van der Waals surface area contributed by atoms with Gasteiger partial charge in [0.2, 0.25) is 0 Å². The van der Waals surface area contributed by atoms with Crippen LogP contribution in [0.2, 0.25) is 0 Å². The zero-order valence-corrected chi connectivity index (χ0v) is 16.9. The molecular weight excluding hydrogens is 384 g/mol. The Kier molecular flexibility index (Phi) is 7.32. The summed E-state index contributed by atoms with van der Waals surface area (Å²) in [7, 11) is 0. The van der Waals surface area contributed by atoms with Gasteiger partial charge in [0.1, 0.15) is 15.8 Å². The number of amides is 1. The normalized spacial score (nSPS) is 15.1. The van der Waals surface area contributed by atoms with Crippen molar-refractivity contribution in [2.45, 2.75) is 27.2 Å². The van der Waals surface area contributed by atoms with E-state index in [2.05, 4.69) is 4.98 Å². The Morgan fingerprint density at radius 1 is 1.33 bits per heavy atom. The molecule has 0 saturated carbocycles. The van der Waals surface area contributed by atoms with Crippen LogP contribution in [-0.4, -0.2) is 37.7 Å². The van der Waals surface area contributed by atoms with Gasteiger partial charge in [0.05, 0.1) is 11.3 Å². The topological polar surface area (TPSA) is 83.6 Å². The average Bonchev–Trinajstić information content (AvgIpc) is 3.21. The largest absolute Gasteiger partial charge is 0.481 e. The number of thioether (sulfide) groups is 1. The molecular formula is C19H20N2O4S2. The van der Waals surface area contributed by atoms with Crippen LogP contribution in [0.5, 0.6) is 0 Å². The molecule has 1 aliphatic heterocycles. The molecule has 0 radical (unpaired) electrons. The average molecular weight is 405 g/mol. The van der Waals surface area contributed by atoms with Crippen LogP contribution in [0.15, 0.2) is 39.8 Å². The summed E-state index contributed by atoms with van der Waals surface area (Å²) in [5.74, 6) is -0.0963. The predicted octanol–water partition coefficient (Wildman–Crippen LogP) is 4.35.